The molecule has 0 aromatic carbocycles. The molecular weight excluding hydrogens is 122 g/mol. The van der Waals surface area contributed by atoms with Gasteiger partial charge in [0, 0.05) is 21.7 Å². The fraction of sp³-hybridized carbons (Fsp3) is 1.00. The largest absolute Gasteiger partial charge is 0.250 e. The van der Waals surface area contributed by atoms with Crippen molar-refractivity contribution in [3.63, 3.8) is 0 Å². The summed E-state index contributed by atoms with van der Waals surface area (Å²) in [6.07, 6.45) is 2.74. The molecule has 1 aliphatic rings. The standard InChI is InChI=1S/C5H11NOS/c1-5-3-4-8(2,7)6-5/h5H,3-4H2,1-2H3/t5-,8?/m1/s1. The number of hydrogen-bond acceptors (Lipinski definition) is 2. The molecule has 0 aliphatic carbocycles. The molecular formula is C5H11NOS. The Morgan fingerprint density at radius 3 is 2.50 bits per heavy atom. The van der Waals surface area contributed by atoms with Crippen LogP contribution in [0.3, 0.4) is 0 Å². The zero-order valence-corrected chi connectivity index (χ0v) is 6.07. The lowest BCUT2D eigenvalue weighted by atomic mass is 10.3. The average molecular weight is 133 g/mol. The summed E-state index contributed by atoms with van der Waals surface area (Å²) in [4.78, 5) is 0. The summed E-state index contributed by atoms with van der Waals surface area (Å²) in [5, 5.41) is 0. The van der Waals surface area contributed by atoms with Gasteiger partial charge in [0.05, 0.1) is 6.04 Å². The first-order chi connectivity index (χ1) is 3.60. The maximum atomic E-state index is 11.0. The molecule has 0 spiro atoms. The van der Waals surface area contributed by atoms with Gasteiger partial charge in [-0.05, 0) is 13.3 Å². The lowest BCUT2D eigenvalue weighted by molar-refractivity contribution is 0.682. The molecule has 2 atom stereocenters. The van der Waals surface area contributed by atoms with E-state index in [1.165, 1.54) is 0 Å². The molecule has 0 radical (unpaired) electrons. The van der Waals surface area contributed by atoms with Gasteiger partial charge in [-0.2, -0.15) is 0 Å². The third kappa shape index (κ3) is 1.22. The minimum absolute atomic E-state index is 0.340. The average Bonchev–Trinajstić information content (AvgIpc) is 1.82. The highest BCUT2D eigenvalue weighted by Crippen LogP contribution is 2.11. The summed E-state index contributed by atoms with van der Waals surface area (Å²) >= 11 is 0. The molecule has 0 aromatic heterocycles. The Balaban J connectivity index is 2.87. The van der Waals surface area contributed by atoms with Crippen LogP contribution < -0.4 is 0 Å². The van der Waals surface area contributed by atoms with Gasteiger partial charge in [-0.1, -0.05) is 0 Å². The van der Waals surface area contributed by atoms with E-state index >= 15 is 0 Å². The van der Waals surface area contributed by atoms with Crippen molar-refractivity contribution in [1.82, 2.24) is 0 Å². The second kappa shape index (κ2) is 1.72. The first-order valence-corrected chi connectivity index (χ1v) is 4.88. The third-order valence-electron chi connectivity index (χ3n) is 1.32. The van der Waals surface area contributed by atoms with Crippen molar-refractivity contribution in [3.8, 4) is 0 Å². The molecule has 1 rings (SSSR count). The smallest absolute Gasteiger partial charge is 0.0575 e. The van der Waals surface area contributed by atoms with Gasteiger partial charge in [-0.3, -0.25) is 4.21 Å². The van der Waals surface area contributed by atoms with Crippen molar-refractivity contribution in [2.24, 2.45) is 4.36 Å². The van der Waals surface area contributed by atoms with E-state index in [0.29, 0.717) is 6.04 Å². The van der Waals surface area contributed by atoms with E-state index in [2.05, 4.69) is 4.36 Å². The van der Waals surface area contributed by atoms with Crippen LogP contribution in [-0.4, -0.2) is 22.3 Å². The van der Waals surface area contributed by atoms with E-state index < -0.39 is 9.73 Å². The summed E-state index contributed by atoms with van der Waals surface area (Å²) in [6.45, 7) is 2.01. The Labute approximate surface area is 50.5 Å². The third-order valence-corrected chi connectivity index (χ3v) is 3.12. The van der Waals surface area contributed by atoms with Crippen LogP contribution in [0.1, 0.15) is 13.3 Å². The maximum Gasteiger partial charge on any atom is 0.0575 e. The number of hydrogen-bond donors (Lipinski definition) is 0. The van der Waals surface area contributed by atoms with E-state index in [9.17, 15) is 4.21 Å². The second-order valence-corrected chi connectivity index (χ2v) is 4.94. The first kappa shape index (κ1) is 6.08. The molecule has 0 amide bonds. The van der Waals surface area contributed by atoms with Gasteiger partial charge in [0.15, 0.2) is 0 Å². The van der Waals surface area contributed by atoms with Crippen molar-refractivity contribution >= 4 is 9.73 Å². The Kier molecular flexibility index (Phi) is 1.31. The van der Waals surface area contributed by atoms with Crippen molar-refractivity contribution < 1.29 is 4.21 Å². The van der Waals surface area contributed by atoms with E-state index in [4.69, 9.17) is 0 Å². The van der Waals surface area contributed by atoms with Gasteiger partial charge in [-0.15, -0.1) is 0 Å². The highest BCUT2D eigenvalue weighted by atomic mass is 32.2. The maximum absolute atomic E-state index is 11.0. The molecule has 1 unspecified atom stereocenters. The van der Waals surface area contributed by atoms with Crippen LogP contribution in [0.2, 0.25) is 0 Å². The van der Waals surface area contributed by atoms with Gasteiger partial charge < -0.3 is 0 Å². The predicted octanol–water partition coefficient (Wildman–Crippen LogP) is 0.876. The molecule has 1 aliphatic heterocycles. The SMILES string of the molecule is C[C@@H]1CCS(C)(=O)=N1. The topological polar surface area (TPSA) is 29.4 Å². The van der Waals surface area contributed by atoms with Gasteiger partial charge >= 0.3 is 0 Å². The minimum atomic E-state index is -1.72. The summed E-state index contributed by atoms with van der Waals surface area (Å²) in [7, 11) is -1.72. The normalized spacial score (nSPS) is 46.5. The highest BCUT2D eigenvalue weighted by molar-refractivity contribution is 7.93. The van der Waals surface area contributed by atoms with Crippen molar-refractivity contribution in [1.29, 1.82) is 0 Å². The molecule has 0 fully saturated rings. The zero-order valence-electron chi connectivity index (χ0n) is 5.26. The van der Waals surface area contributed by atoms with Crippen LogP contribution in [0.25, 0.3) is 0 Å². The van der Waals surface area contributed by atoms with Crippen LogP contribution in [-0.2, 0) is 9.73 Å². The van der Waals surface area contributed by atoms with Crippen molar-refractivity contribution in [3.05, 3.63) is 0 Å². The fourth-order valence-corrected chi connectivity index (χ4v) is 2.63. The molecule has 0 bridgehead atoms. The number of nitrogens with zero attached hydrogens (tertiary/aromatic N) is 1. The minimum Gasteiger partial charge on any atom is -0.250 e. The second-order valence-electron chi connectivity index (χ2n) is 2.41. The molecule has 0 saturated heterocycles. The molecule has 48 valence electrons. The van der Waals surface area contributed by atoms with Gasteiger partial charge in [0.25, 0.3) is 0 Å². The predicted molar refractivity (Wildman–Crippen MR) is 35.4 cm³/mol. The van der Waals surface area contributed by atoms with Crippen molar-refractivity contribution in [2.45, 2.75) is 19.4 Å². The van der Waals surface area contributed by atoms with Gasteiger partial charge in [0.2, 0.25) is 0 Å². The van der Waals surface area contributed by atoms with E-state index in [1.54, 1.807) is 6.26 Å². The molecule has 0 saturated carbocycles. The molecule has 0 N–H and O–H groups in total. The summed E-state index contributed by atoms with van der Waals surface area (Å²) < 4.78 is 15.1. The Bertz CT molecular complexity index is 191. The number of rotatable bonds is 0. The van der Waals surface area contributed by atoms with Crippen molar-refractivity contribution in [2.75, 3.05) is 12.0 Å². The van der Waals surface area contributed by atoms with E-state index in [-0.39, 0.29) is 0 Å². The highest BCUT2D eigenvalue weighted by Gasteiger charge is 2.13. The molecule has 8 heavy (non-hydrogen) atoms. The zero-order chi connectivity index (χ0) is 6.20. The summed E-state index contributed by atoms with van der Waals surface area (Å²) in [5.41, 5.74) is 0. The fourth-order valence-electron chi connectivity index (χ4n) is 0.875. The van der Waals surface area contributed by atoms with Crippen LogP contribution in [0, 0.1) is 0 Å². The van der Waals surface area contributed by atoms with Crippen LogP contribution in [0.5, 0.6) is 0 Å². The van der Waals surface area contributed by atoms with Crippen LogP contribution >= 0.6 is 0 Å². The Morgan fingerprint density at radius 1 is 1.75 bits per heavy atom. The summed E-state index contributed by atoms with van der Waals surface area (Å²) in [5.74, 6) is 0.800. The van der Waals surface area contributed by atoms with Crippen LogP contribution in [0.4, 0.5) is 0 Å². The Hall–Kier alpha value is -0.0500. The monoisotopic (exact) mass is 133 g/mol. The molecule has 2 nitrogen and oxygen atoms in total. The lowest BCUT2D eigenvalue weighted by Crippen LogP contribution is -1.94. The lowest BCUT2D eigenvalue weighted by Gasteiger charge is -1.87. The quantitative estimate of drug-likeness (QED) is 0.482. The van der Waals surface area contributed by atoms with Crippen LogP contribution in [0.15, 0.2) is 4.36 Å². The van der Waals surface area contributed by atoms with Gasteiger partial charge in [-0.25, -0.2) is 4.36 Å². The molecule has 3 heteroatoms. The van der Waals surface area contributed by atoms with E-state index in [0.717, 1.165) is 12.2 Å². The van der Waals surface area contributed by atoms with Gasteiger partial charge in [0.1, 0.15) is 0 Å². The first-order valence-electron chi connectivity index (χ1n) is 2.79. The molecule has 0 aromatic rings. The molecule has 1 heterocycles. The summed E-state index contributed by atoms with van der Waals surface area (Å²) in [6, 6.07) is 0.340. The van der Waals surface area contributed by atoms with E-state index in [1.807, 2.05) is 6.92 Å². The Morgan fingerprint density at radius 2 is 2.38 bits per heavy atom.